The molecular weight excluding hydrogens is 354 g/mol. The number of fused-ring (bicyclic) bond motifs is 2. The molecule has 0 bridgehead atoms. The molecule has 1 aromatic heterocycles. The molecule has 6 nitrogen and oxygen atoms in total. The van der Waals surface area contributed by atoms with E-state index in [1.807, 2.05) is 36.4 Å². The van der Waals surface area contributed by atoms with Crippen molar-refractivity contribution in [3.05, 3.63) is 53.2 Å². The number of amides is 1. The van der Waals surface area contributed by atoms with Crippen LogP contribution in [0.2, 0.25) is 5.02 Å². The second-order valence-corrected chi connectivity index (χ2v) is 6.49. The van der Waals surface area contributed by atoms with Gasteiger partial charge in [-0.2, -0.15) is 5.10 Å². The van der Waals surface area contributed by atoms with E-state index in [-0.39, 0.29) is 12.7 Å². The summed E-state index contributed by atoms with van der Waals surface area (Å²) in [6, 6.07) is 11.5. The third-order valence-electron chi connectivity index (χ3n) is 4.36. The van der Waals surface area contributed by atoms with Gasteiger partial charge in [0.25, 0.3) is 0 Å². The normalized spacial score (nSPS) is 12.5. The maximum Gasteiger partial charge on any atom is 0.231 e. The predicted octanol–water partition coefficient (Wildman–Crippen LogP) is 3.17. The maximum atomic E-state index is 12.1. The number of benzene rings is 2. The van der Waals surface area contributed by atoms with Crippen molar-refractivity contribution in [2.24, 2.45) is 0 Å². The van der Waals surface area contributed by atoms with E-state index in [0.717, 1.165) is 34.4 Å². The molecule has 1 amide bonds. The van der Waals surface area contributed by atoms with Crippen LogP contribution in [0.15, 0.2) is 42.6 Å². The second-order valence-electron chi connectivity index (χ2n) is 6.08. The number of carbonyl (C=O) groups excluding carboxylic acids is 1. The van der Waals surface area contributed by atoms with E-state index in [4.69, 9.17) is 21.1 Å². The van der Waals surface area contributed by atoms with Gasteiger partial charge in [0.15, 0.2) is 11.5 Å². The Labute approximate surface area is 155 Å². The van der Waals surface area contributed by atoms with Crippen molar-refractivity contribution in [2.45, 2.75) is 19.4 Å². The number of hydrogen-bond acceptors (Lipinski definition) is 4. The molecule has 2 aromatic carbocycles. The highest BCUT2D eigenvalue weighted by molar-refractivity contribution is 6.35. The van der Waals surface area contributed by atoms with Crippen LogP contribution < -0.4 is 14.8 Å². The lowest BCUT2D eigenvalue weighted by Gasteiger charge is -2.07. The maximum absolute atomic E-state index is 12.1. The zero-order valence-electron chi connectivity index (χ0n) is 14.1. The van der Waals surface area contributed by atoms with Gasteiger partial charge in [-0.05, 0) is 36.2 Å². The van der Waals surface area contributed by atoms with Gasteiger partial charge in [0, 0.05) is 18.4 Å². The minimum Gasteiger partial charge on any atom is -0.454 e. The largest absolute Gasteiger partial charge is 0.454 e. The van der Waals surface area contributed by atoms with E-state index in [9.17, 15) is 4.79 Å². The van der Waals surface area contributed by atoms with E-state index in [0.29, 0.717) is 24.5 Å². The zero-order chi connectivity index (χ0) is 17.9. The number of aryl methyl sites for hydroxylation is 1. The van der Waals surface area contributed by atoms with Crippen molar-refractivity contribution < 1.29 is 14.3 Å². The molecule has 134 valence electrons. The summed E-state index contributed by atoms with van der Waals surface area (Å²) in [4.78, 5) is 12.1. The average Bonchev–Trinajstić information content (AvgIpc) is 3.27. The summed E-state index contributed by atoms with van der Waals surface area (Å²) in [5.74, 6) is 1.53. The zero-order valence-corrected chi connectivity index (χ0v) is 14.8. The van der Waals surface area contributed by atoms with Crippen molar-refractivity contribution in [1.29, 1.82) is 0 Å². The summed E-state index contributed by atoms with van der Waals surface area (Å²) in [6.45, 7) is 1.35. The summed E-state index contributed by atoms with van der Waals surface area (Å²) in [5, 5.41) is 8.83. The van der Waals surface area contributed by atoms with Gasteiger partial charge in [-0.15, -0.1) is 0 Å². The molecule has 0 unspecified atom stereocenters. The van der Waals surface area contributed by atoms with E-state index < -0.39 is 0 Å². The number of nitrogens with zero attached hydrogens (tertiary/aromatic N) is 2. The molecule has 0 fully saturated rings. The third-order valence-corrected chi connectivity index (χ3v) is 4.69. The van der Waals surface area contributed by atoms with Crippen molar-refractivity contribution >= 4 is 28.4 Å². The summed E-state index contributed by atoms with van der Waals surface area (Å²) >= 11 is 6.15. The van der Waals surface area contributed by atoms with Gasteiger partial charge in [0.2, 0.25) is 12.7 Å². The first-order valence-electron chi connectivity index (χ1n) is 8.46. The first kappa shape index (κ1) is 16.7. The van der Waals surface area contributed by atoms with Gasteiger partial charge in [-0.3, -0.25) is 9.48 Å². The third kappa shape index (κ3) is 3.46. The van der Waals surface area contributed by atoms with Crippen LogP contribution >= 0.6 is 11.6 Å². The van der Waals surface area contributed by atoms with Crippen LogP contribution in [-0.4, -0.2) is 29.0 Å². The topological polar surface area (TPSA) is 65.4 Å². The van der Waals surface area contributed by atoms with Crippen LogP contribution in [0.5, 0.6) is 11.5 Å². The molecule has 26 heavy (non-hydrogen) atoms. The summed E-state index contributed by atoms with van der Waals surface area (Å²) in [6.07, 6.45) is 2.84. The van der Waals surface area contributed by atoms with Crippen LogP contribution in [0.3, 0.4) is 0 Å². The quantitative estimate of drug-likeness (QED) is 0.722. The molecule has 0 aliphatic carbocycles. The summed E-state index contributed by atoms with van der Waals surface area (Å²) in [7, 11) is 0. The number of halogens is 1. The number of nitrogens with one attached hydrogen (secondary N) is 1. The number of aromatic nitrogens is 2. The Morgan fingerprint density at radius 2 is 2.12 bits per heavy atom. The highest BCUT2D eigenvalue weighted by Gasteiger charge is 2.13. The molecule has 1 aliphatic rings. The Hall–Kier alpha value is -2.73. The molecular formula is C19H18ClN3O3. The molecule has 7 heteroatoms. The standard InChI is InChI=1S/C19H18ClN3O3/c20-15-2-1-3-16-14(15)11-22-23(16)9-7-19(24)21-8-6-13-4-5-17-18(10-13)26-12-25-17/h1-5,10-11H,6-9,12H2,(H,21,24). The number of ether oxygens (including phenoxy) is 2. The monoisotopic (exact) mass is 371 g/mol. The van der Waals surface area contributed by atoms with Crippen LogP contribution in [0.25, 0.3) is 10.9 Å². The number of rotatable bonds is 6. The van der Waals surface area contributed by atoms with Crippen LogP contribution in [0, 0.1) is 0 Å². The van der Waals surface area contributed by atoms with Crippen LogP contribution in [0.4, 0.5) is 0 Å². The fraction of sp³-hybridized carbons (Fsp3) is 0.263. The Bertz CT molecular complexity index is 954. The van der Waals surface area contributed by atoms with Crippen molar-refractivity contribution in [3.63, 3.8) is 0 Å². The van der Waals surface area contributed by atoms with E-state index in [1.54, 1.807) is 10.9 Å². The molecule has 1 aliphatic heterocycles. The molecule has 0 spiro atoms. The smallest absolute Gasteiger partial charge is 0.231 e. The van der Waals surface area contributed by atoms with Gasteiger partial charge < -0.3 is 14.8 Å². The van der Waals surface area contributed by atoms with Crippen LogP contribution in [-0.2, 0) is 17.8 Å². The molecule has 0 atom stereocenters. The first-order valence-corrected chi connectivity index (χ1v) is 8.84. The Morgan fingerprint density at radius 1 is 1.23 bits per heavy atom. The second kappa shape index (κ2) is 7.25. The van der Waals surface area contributed by atoms with Crippen molar-refractivity contribution in [2.75, 3.05) is 13.3 Å². The predicted molar refractivity (Wildman–Crippen MR) is 98.6 cm³/mol. The highest BCUT2D eigenvalue weighted by Crippen LogP contribution is 2.32. The molecule has 2 heterocycles. The van der Waals surface area contributed by atoms with Gasteiger partial charge in [0.1, 0.15) is 0 Å². The minimum absolute atomic E-state index is 0.00331. The molecule has 3 aromatic rings. The SMILES string of the molecule is O=C(CCn1ncc2c(Cl)cccc21)NCCc1ccc2c(c1)OCO2. The number of hydrogen-bond donors (Lipinski definition) is 1. The Balaban J connectivity index is 1.27. The summed E-state index contributed by atoms with van der Waals surface area (Å²) in [5.41, 5.74) is 2.04. The summed E-state index contributed by atoms with van der Waals surface area (Å²) < 4.78 is 12.5. The van der Waals surface area contributed by atoms with Crippen molar-refractivity contribution in [1.82, 2.24) is 15.1 Å². The van der Waals surface area contributed by atoms with E-state index in [2.05, 4.69) is 10.4 Å². The molecule has 4 rings (SSSR count). The Morgan fingerprint density at radius 3 is 3.04 bits per heavy atom. The lowest BCUT2D eigenvalue weighted by molar-refractivity contribution is -0.121. The molecule has 0 saturated heterocycles. The fourth-order valence-corrected chi connectivity index (χ4v) is 3.20. The van der Waals surface area contributed by atoms with E-state index in [1.165, 1.54) is 0 Å². The van der Waals surface area contributed by atoms with Gasteiger partial charge >= 0.3 is 0 Å². The van der Waals surface area contributed by atoms with Crippen LogP contribution in [0.1, 0.15) is 12.0 Å². The lowest BCUT2D eigenvalue weighted by Crippen LogP contribution is -2.26. The van der Waals surface area contributed by atoms with Gasteiger partial charge in [-0.25, -0.2) is 0 Å². The van der Waals surface area contributed by atoms with Gasteiger partial charge in [0.05, 0.1) is 23.3 Å². The van der Waals surface area contributed by atoms with Crippen molar-refractivity contribution in [3.8, 4) is 11.5 Å². The number of carbonyl (C=O) groups is 1. The van der Waals surface area contributed by atoms with E-state index >= 15 is 0 Å². The lowest BCUT2D eigenvalue weighted by atomic mass is 10.1. The highest BCUT2D eigenvalue weighted by atomic mass is 35.5. The molecule has 0 saturated carbocycles. The average molecular weight is 372 g/mol. The van der Waals surface area contributed by atoms with Gasteiger partial charge in [-0.1, -0.05) is 23.7 Å². The molecule has 1 N–H and O–H groups in total. The fourth-order valence-electron chi connectivity index (χ4n) is 2.98. The first-order chi connectivity index (χ1) is 12.7. The Kier molecular flexibility index (Phi) is 4.67. The minimum atomic E-state index is -0.00331. The molecule has 0 radical (unpaired) electrons.